The van der Waals surface area contributed by atoms with Crippen LogP contribution in [-0.4, -0.2) is 9.97 Å². The second-order valence-electron chi connectivity index (χ2n) is 4.13. The summed E-state index contributed by atoms with van der Waals surface area (Å²) in [6.07, 6.45) is 0.460. The predicted octanol–water partition coefficient (Wildman–Crippen LogP) is 2.90. The smallest absolute Gasteiger partial charge is 0.298 e. The van der Waals surface area contributed by atoms with Gasteiger partial charge in [0.05, 0.1) is 11.0 Å². The fourth-order valence-corrected chi connectivity index (χ4v) is 1.72. The summed E-state index contributed by atoms with van der Waals surface area (Å²) in [5.41, 5.74) is 0.0656. The van der Waals surface area contributed by atoms with Gasteiger partial charge in [0.2, 0.25) is 0 Å². The number of rotatable bonds is 3. The zero-order chi connectivity index (χ0) is 13.3. The van der Waals surface area contributed by atoms with Crippen molar-refractivity contribution in [3.8, 4) is 0 Å². The van der Waals surface area contributed by atoms with Gasteiger partial charge in [0, 0.05) is 6.42 Å². The van der Waals surface area contributed by atoms with E-state index in [1.165, 1.54) is 0 Å². The summed E-state index contributed by atoms with van der Waals surface area (Å²) in [5.74, 6) is -3.30. The van der Waals surface area contributed by atoms with E-state index < -0.39 is 23.6 Å². The van der Waals surface area contributed by atoms with Crippen LogP contribution in [0.25, 0.3) is 11.0 Å². The van der Waals surface area contributed by atoms with Crippen LogP contribution in [0.4, 0.5) is 8.78 Å². The lowest BCUT2D eigenvalue weighted by atomic mass is 10.1. The topological polar surface area (TPSA) is 45.8 Å². The molecule has 1 aromatic heterocycles. The van der Waals surface area contributed by atoms with E-state index in [4.69, 9.17) is 0 Å². The Labute approximate surface area is 102 Å². The summed E-state index contributed by atoms with van der Waals surface area (Å²) in [4.78, 5) is 17.8. The Kier molecular flexibility index (Phi) is 2.98. The van der Waals surface area contributed by atoms with Crippen LogP contribution in [0.5, 0.6) is 0 Å². The number of benzene rings is 1. The van der Waals surface area contributed by atoms with Gasteiger partial charge in [-0.15, -0.1) is 6.58 Å². The molecule has 18 heavy (non-hydrogen) atoms. The summed E-state index contributed by atoms with van der Waals surface area (Å²) >= 11 is 0. The Bertz CT molecular complexity index is 662. The quantitative estimate of drug-likeness (QED) is 0.851. The van der Waals surface area contributed by atoms with Crippen molar-refractivity contribution < 1.29 is 8.78 Å². The van der Waals surface area contributed by atoms with Gasteiger partial charge in [-0.1, -0.05) is 12.1 Å². The number of halogens is 2. The van der Waals surface area contributed by atoms with Crippen LogP contribution < -0.4 is 5.56 Å². The molecule has 3 nitrogen and oxygen atoms in total. The van der Waals surface area contributed by atoms with E-state index in [1.807, 2.05) is 6.92 Å². The molecule has 0 aliphatic carbocycles. The number of allylic oxidation sites excluding steroid dienone is 1. The van der Waals surface area contributed by atoms with Crippen molar-refractivity contribution in [1.82, 2.24) is 9.97 Å². The van der Waals surface area contributed by atoms with Crippen LogP contribution in [0.2, 0.25) is 0 Å². The molecule has 0 saturated carbocycles. The fourth-order valence-electron chi connectivity index (χ4n) is 1.72. The number of aryl methyl sites for hydroxylation is 1. The second-order valence-corrected chi connectivity index (χ2v) is 4.13. The Morgan fingerprint density at radius 3 is 2.89 bits per heavy atom. The van der Waals surface area contributed by atoms with Gasteiger partial charge in [0.15, 0.2) is 5.69 Å². The van der Waals surface area contributed by atoms with Crippen molar-refractivity contribution in [3.63, 3.8) is 0 Å². The molecule has 0 spiro atoms. The first kappa shape index (κ1) is 12.4. The summed E-state index contributed by atoms with van der Waals surface area (Å²) < 4.78 is 27.4. The van der Waals surface area contributed by atoms with E-state index in [0.29, 0.717) is 11.0 Å². The maximum absolute atomic E-state index is 13.7. The van der Waals surface area contributed by atoms with Crippen molar-refractivity contribution in [2.75, 3.05) is 0 Å². The van der Waals surface area contributed by atoms with Crippen LogP contribution in [0.3, 0.4) is 0 Å². The summed E-state index contributed by atoms with van der Waals surface area (Å²) in [6, 6.07) is 5.08. The van der Waals surface area contributed by atoms with Gasteiger partial charge in [-0.3, -0.25) is 4.79 Å². The first-order chi connectivity index (χ1) is 8.44. The highest BCUT2D eigenvalue weighted by atomic mass is 19.3. The van der Waals surface area contributed by atoms with Gasteiger partial charge in [-0.25, -0.2) is 4.98 Å². The molecule has 0 radical (unpaired) electrons. The Balaban J connectivity index is 2.68. The zero-order valence-corrected chi connectivity index (χ0v) is 9.84. The van der Waals surface area contributed by atoms with E-state index in [9.17, 15) is 13.6 Å². The number of hydrogen-bond acceptors (Lipinski definition) is 2. The Hall–Kier alpha value is -2.04. The Morgan fingerprint density at radius 2 is 2.22 bits per heavy atom. The number of aromatic amines is 1. The monoisotopic (exact) mass is 250 g/mol. The number of fused-ring (bicyclic) bond motifs is 1. The first-order valence-corrected chi connectivity index (χ1v) is 5.44. The minimum Gasteiger partial charge on any atom is -0.319 e. The van der Waals surface area contributed by atoms with E-state index in [2.05, 4.69) is 16.5 Å². The third-order valence-electron chi connectivity index (χ3n) is 2.60. The fraction of sp³-hybridized carbons (Fsp3) is 0.231. The average Bonchev–Trinajstić information content (AvgIpc) is 2.28. The molecule has 0 amide bonds. The molecular formula is C13H12F2N2O. The number of nitrogens with one attached hydrogen (secondary N) is 1. The SMILES string of the molecule is C=CCC(F)(F)c1nc2cc(C)ccc2[nH]c1=O. The number of alkyl halides is 2. The molecule has 0 unspecified atom stereocenters. The van der Waals surface area contributed by atoms with E-state index in [0.717, 1.165) is 11.6 Å². The number of nitrogens with zero attached hydrogens (tertiary/aromatic N) is 1. The van der Waals surface area contributed by atoms with Crippen molar-refractivity contribution >= 4 is 11.0 Å². The molecular weight excluding hydrogens is 238 g/mol. The van der Waals surface area contributed by atoms with Gasteiger partial charge < -0.3 is 4.98 Å². The minimum atomic E-state index is -3.30. The highest BCUT2D eigenvalue weighted by Gasteiger charge is 2.35. The minimum absolute atomic E-state index is 0.355. The van der Waals surface area contributed by atoms with Crippen molar-refractivity contribution in [3.05, 3.63) is 52.5 Å². The average molecular weight is 250 g/mol. The molecule has 0 aliphatic rings. The lowest BCUT2D eigenvalue weighted by Crippen LogP contribution is -2.26. The summed E-state index contributed by atoms with van der Waals surface area (Å²) in [5, 5.41) is 0. The largest absolute Gasteiger partial charge is 0.319 e. The lowest BCUT2D eigenvalue weighted by molar-refractivity contribution is -0.00662. The highest BCUT2D eigenvalue weighted by molar-refractivity contribution is 5.74. The normalized spacial score (nSPS) is 11.7. The number of aromatic nitrogens is 2. The maximum Gasteiger partial charge on any atom is 0.298 e. The van der Waals surface area contributed by atoms with E-state index in [1.54, 1.807) is 18.2 Å². The standard InChI is InChI=1S/C13H12F2N2O/c1-3-6-13(14,15)11-12(18)17-9-5-4-8(2)7-10(9)16-11/h3-5,7H,1,6H2,2H3,(H,17,18). The van der Waals surface area contributed by atoms with Crippen LogP contribution in [0.1, 0.15) is 17.7 Å². The zero-order valence-electron chi connectivity index (χ0n) is 9.84. The van der Waals surface area contributed by atoms with Gasteiger partial charge >= 0.3 is 0 Å². The van der Waals surface area contributed by atoms with Gasteiger partial charge in [-0.2, -0.15) is 8.78 Å². The summed E-state index contributed by atoms with van der Waals surface area (Å²) in [7, 11) is 0. The van der Waals surface area contributed by atoms with Crippen LogP contribution in [0.15, 0.2) is 35.6 Å². The molecule has 1 aromatic carbocycles. The highest BCUT2D eigenvalue weighted by Crippen LogP contribution is 2.28. The maximum atomic E-state index is 13.7. The molecule has 2 rings (SSSR count). The number of hydrogen-bond donors (Lipinski definition) is 1. The van der Waals surface area contributed by atoms with Gasteiger partial charge in [-0.05, 0) is 24.6 Å². The van der Waals surface area contributed by atoms with Gasteiger partial charge in [0.25, 0.3) is 11.5 Å². The molecule has 2 aromatic rings. The van der Waals surface area contributed by atoms with E-state index >= 15 is 0 Å². The number of H-pyrrole nitrogens is 1. The van der Waals surface area contributed by atoms with Crippen molar-refractivity contribution in [1.29, 1.82) is 0 Å². The second kappa shape index (κ2) is 4.33. The molecule has 0 bridgehead atoms. The summed E-state index contributed by atoms with van der Waals surface area (Å²) in [6.45, 7) is 5.08. The van der Waals surface area contributed by atoms with E-state index in [-0.39, 0.29) is 0 Å². The van der Waals surface area contributed by atoms with Crippen LogP contribution in [0, 0.1) is 6.92 Å². The predicted molar refractivity (Wildman–Crippen MR) is 65.8 cm³/mol. The Morgan fingerprint density at radius 1 is 1.50 bits per heavy atom. The molecule has 0 saturated heterocycles. The van der Waals surface area contributed by atoms with Gasteiger partial charge in [0.1, 0.15) is 0 Å². The van der Waals surface area contributed by atoms with Crippen molar-refractivity contribution in [2.45, 2.75) is 19.3 Å². The molecule has 1 N–H and O–H groups in total. The molecule has 5 heteroatoms. The molecule has 1 heterocycles. The van der Waals surface area contributed by atoms with Crippen LogP contribution >= 0.6 is 0 Å². The molecule has 94 valence electrons. The third kappa shape index (κ3) is 2.16. The lowest BCUT2D eigenvalue weighted by Gasteiger charge is -2.13. The molecule has 0 fully saturated rings. The van der Waals surface area contributed by atoms with Crippen molar-refractivity contribution in [2.24, 2.45) is 0 Å². The molecule has 0 atom stereocenters. The first-order valence-electron chi connectivity index (χ1n) is 5.44. The third-order valence-corrected chi connectivity index (χ3v) is 2.60. The van der Waals surface area contributed by atoms with Crippen LogP contribution in [-0.2, 0) is 5.92 Å². The molecule has 0 aliphatic heterocycles.